The fraction of sp³-hybridized carbons (Fsp3) is 0.333. The number of nitrogens with zero attached hydrogens (tertiary/aromatic N) is 4. The molecule has 0 N–H and O–H groups in total. The van der Waals surface area contributed by atoms with Crippen LogP contribution in [0, 0.1) is 19.8 Å². The summed E-state index contributed by atoms with van der Waals surface area (Å²) >= 11 is 0. The first kappa shape index (κ1) is 17.4. The van der Waals surface area contributed by atoms with Crippen molar-refractivity contribution in [2.75, 3.05) is 13.1 Å². The van der Waals surface area contributed by atoms with E-state index in [9.17, 15) is 4.79 Å². The third-order valence-corrected chi connectivity index (χ3v) is 5.20. The monoisotopic (exact) mass is 362 g/mol. The number of rotatable bonds is 3. The molecule has 138 valence electrons. The molecule has 1 amide bonds. The smallest absolute Gasteiger partial charge is 0.254 e. The molecule has 2 aromatic heterocycles. The molecule has 0 unspecified atom stereocenters. The van der Waals surface area contributed by atoms with E-state index in [1.807, 2.05) is 49.1 Å². The van der Waals surface area contributed by atoms with E-state index in [1.54, 1.807) is 12.4 Å². The predicted octanol–water partition coefficient (Wildman–Crippen LogP) is 3.62. The molecule has 1 aliphatic rings. The molecule has 1 aliphatic heterocycles. The van der Waals surface area contributed by atoms with Crippen molar-refractivity contribution in [2.24, 2.45) is 5.92 Å². The zero-order chi connectivity index (χ0) is 19.0. The number of likely N-dealkylation sites (tertiary alicyclic amines) is 1. The van der Waals surface area contributed by atoms with Gasteiger partial charge in [-0.25, -0.2) is 0 Å². The molecular weight excluding hydrogens is 340 g/mol. The van der Waals surface area contributed by atoms with Crippen LogP contribution < -0.4 is 0 Å². The number of carbonyl (C=O) groups is 1. The van der Waals surface area contributed by atoms with Gasteiger partial charge < -0.3 is 9.42 Å². The lowest BCUT2D eigenvalue weighted by molar-refractivity contribution is 0.0785. The maximum Gasteiger partial charge on any atom is 0.254 e. The molecule has 3 heterocycles. The second-order valence-electron chi connectivity index (χ2n) is 7.31. The third-order valence-electron chi connectivity index (χ3n) is 5.20. The van der Waals surface area contributed by atoms with Crippen molar-refractivity contribution >= 4 is 5.91 Å². The zero-order valence-corrected chi connectivity index (χ0v) is 15.7. The lowest BCUT2D eigenvalue weighted by Gasteiger charge is -2.17. The van der Waals surface area contributed by atoms with Crippen LogP contribution in [0.25, 0.3) is 11.4 Å². The van der Waals surface area contributed by atoms with Gasteiger partial charge in [0.2, 0.25) is 11.7 Å². The summed E-state index contributed by atoms with van der Waals surface area (Å²) in [6, 6.07) is 9.73. The summed E-state index contributed by atoms with van der Waals surface area (Å²) < 4.78 is 5.52. The summed E-state index contributed by atoms with van der Waals surface area (Å²) in [6.07, 6.45) is 3.42. The molecule has 1 saturated heterocycles. The Morgan fingerprint density at radius 1 is 1.22 bits per heavy atom. The zero-order valence-electron chi connectivity index (χ0n) is 15.7. The lowest BCUT2D eigenvalue weighted by atomic mass is 9.98. The van der Waals surface area contributed by atoms with Crippen molar-refractivity contribution in [3.05, 3.63) is 65.3 Å². The molecule has 0 aliphatic carbocycles. The van der Waals surface area contributed by atoms with Crippen LogP contribution in [-0.4, -0.2) is 39.0 Å². The number of amides is 1. The van der Waals surface area contributed by atoms with Crippen molar-refractivity contribution in [1.82, 2.24) is 20.0 Å². The highest BCUT2D eigenvalue weighted by Gasteiger charge is 2.37. The van der Waals surface area contributed by atoms with E-state index in [0.29, 0.717) is 24.8 Å². The summed E-state index contributed by atoms with van der Waals surface area (Å²) in [5.74, 6) is 1.47. The Morgan fingerprint density at radius 3 is 2.85 bits per heavy atom. The summed E-state index contributed by atoms with van der Waals surface area (Å²) in [5.41, 5.74) is 3.68. The third kappa shape index (κ3) is 3.35. The fourth-order valence-electron chi connectivity index (χ4n) is 3.59. The Bertz CT molecular complexity index is 967. The first-order valence-corrected chi connectivity index (χ1v) is 9.13. The second kappa shape index (κ2) is 6.95. The van der Waals surface area contributed by atoms with Gasteiger partial charge in [-0.2, -0.15) is 4.98 Å². The molecular formula is C21H22N4O2. The number of carbonyl (C=O) groups excluding carboxylic acids is 1. The average Bonchev–Trinajstić information content (AvgIpc) is 3.30. The topological polar surface area (TPSA) is 72.1 Å². The lowest BCUT2D eigenvalue weighted by Crippen LogP contribution is -2.29. The highest BCUT2D eigenvalue weighted by atomic mass is 16.5. The van der Waals surface area contributed by atoms with Crippen LogP contribution >= 0.6 is 0 Å². The molecule has 0 radical (unpaired) electrons. The van der Waals surface area contributed by atoms with Crippen LogP contribution in [0.3, 0.4) is 0 Å². The van der Waals surface area contributed by atoms with Gasteiger partial charge in [0.05, 0.1) is 5.92 Å². The van der Waals surface area contributed by atoms with Crippen LogP contribution in [0.2, 0.25) is 0 Å². The first-order chi connectivity index (χ1) is 13.0. The van der Waals surface area contributed by atoms with Crippen molar-refractivity contribution in [1.29, 1.82) is 0 Å². The standard InChI is InChI=1S/C21H22N4O2/c1-13-6-7-14(2)17(9-13)21(26)25-11-15(3)18(12-25)20-23-19(24-27-20)16-5-4-8-22-10-16/h4-10,15,18H,11-12H2,1-3H3/t15-,18-/m0/s1. The van der Waals surface area contributed by atoms with Crippen molar-refractivity contribution in [2.45, 2.75) is 26.7 Å². The second-order valence-corrected chi connectivity index (χ2v) is 7.31. The van der Waals surface area contributed by atoms with Crippen LogP contribution in [-0.2, 0) is 0 Å². The largest absolute Gasteiger partial charge is 0.339 e. The van der Waals surface area contributed by atoms with Gasteiger partial charge in [-0.1, -0.05) is 29.8 Å². The molecule has 2 atom stereocenters. The number of aryl methyl sites for hydroxylation is 2. The minimum Gasteiger partial charge on any atom is -0.339 e. The van der Waals surface area contributed by atoms with Gasteiger partial charge in [0.15, 0.2) is 0 Å². The number of benzene rings is 1. The maximum absolute atomic E-state index is 13.0. The molecule has 1 fully saturated rings. The van der Waals surface area contributed by atoms with Crippen LogP contribution in [0.4, 0.5) is 0 Å². The van der Waals surface area contributed by atoms with Gasteiger partial charge in [0.25, 0.3) is 5.91 Å². The molecule has 6 nitrogen and oxygen atoms in total. The maximum atomic E-state index is 13.0. The number of aromatic nitrogens is 3. The van der Waals surface area contributed by atoms with E-state index in [-0.39, 0.29) is 17.7 Å². The van der Waals surface area contributed by atoms with E-state index in [1.165, 1.54) is 0 Å². The van der Waals surface area contributed by atoms with Gasteiger partial charge in [-0.05, 0) is 43.5 Å². The van der Waals surface area contributed by atoms with Gasteiger partial charge in [0.1, 0.15) is 0 Å². The average molecular weight is 362 g/mol. The Kier molecular flexibility index (Phi) is 4.48. The Morgan fingerprint density at radius 2 is 2.07 bits per heavy atom. The van der Waals surface area contributed by atoms with E-state index in [2.05, 4.69) is 22.0 Å². The van der Waals surface area contributed by atoms with E-state index < -0.39 is 0 Å². The van der Waals surface area contributed by atoms with Gasteiger partial charge in [0, 0.05) is 36.6 Å². The van der Waals surface area contributed by atoms with Crippen LogP contribution in [0.5, 0.6) is 0 Å². The summed E-state index contributed by atoms with van der Waals surface area (Å²) in [4.78, 5) is 23.6. The predicted molar refractivity (Wildman–Crippen MR) is 101 cm³/mol. The van der Waals surface area contributed by atoms with Crippen LogP contribution in [0.1, 0.15) is 40.2 Å². The summed E-state index contributed by atoms with van der Waals surface area (Å²) in [6.45, 7) is 7.37. The molecule has 4 rings (SSSR count). The van der Waals surface area contributed by atoms with Gasteiger partial charge in [-0.3, -0.25) is 9.78 Å². The SMILES string of the molecule is Cc1ccc(C)c(C(=O)N2C[C@H](c3nc(-c4cccnc4)no3)[C@@H](C)C2)c1. The van der Waals surface area contributed by atoms with Crippen LogP contribution in [0.15, 0.2) is 47.2 Å². The first-order valence-electron chi connectivity index (χ1n) is 9.13. The van der Waals surface area contributed by atoms with E-state index in [4.69, 9.17) is 4.52 Å². The number of hydrogen-bond acceptors (Lipinski definition) is 5. The van der Waals surface area contributed by atoms with Gasteiger partial charge in [-0.15, -0.1) is 0 Å². The van der Waals surface area contributed by atoms with Crippen molar-refractivity contribution < 1.29 is 9.32 Å². The Balaban J connectivity index is 1.54. The Labute approximate surface area is 158 Å². The summed E-state index contributed by atoms with van der Waals surface area (Å²) in [5, 5.41) is 4.09. The van der Waals surface area contributed by atoms with Crippen molar-refractivity contribution in [3.8, 4) is 11.4 Å². The van der Waals surface area contributed by atoms with Crippen molar-refractivity contribution in [3.63, 3.8) is 0 Å². The fourth-order valence-corrected chi connectivity index (χ4v) is 3.59. The van der Waals surface area contributed by atoms with E-state index >= 15 is 0 Å². The molecule has 27 heavy (non-hydrogen) atoms. The molecule has 0 saturated carbocycles. The molecule has 0 bridgehead atoms. The highest BCUT2D eigenvalue weighted by Crippen LogP contribution is 2.33. The quantitative estimate of drug-likeness (QED) is 0.711. The molecule has 3 aromatic rings. The number of hydrogen-bond donors (Lipinski definition) is 0. The minimum absolute atomic E-state index is 0.0389. The molecule has 0 spiro atoms. The van der Waals surface area contributed by atoms with E-state index in [0.717, 1.165) is 22.3 Å². The normalized spacial score (nSPS) is 19.4. The number of pyridine rings is 1. The molecule has 6 heteroatoms. The minimum atomic E-state index is 0.0389. The van der Waals surface area contributed by atoms with Gasteiger partial charge >= 0.3 is 0 Å². The highest BCUT2D eigenvalue weighted by molar-refractivity contribution is 5.96. The summed E-state index contributed by atoms with van der Waals surface area (Å²) in [7, 11) is 0. The molecule has 1 aromatic carbocycles. The Hall–Kier alpha value is -3.02.